The summed E-state index contributed by atoms with van der Waals surface area (Å²) in [4.78, 5) is 1.37. The Balaban J connectivity index is 2.16. The summed E-state index contributed by atoms with van der Waals surface area (Å²) in [5, 5.41) is 11.2. The van der Waals surface area contributed by atoms with Crippen molar-refractivity contribution >= 4 is 22.9 Å². The molecular weight excluding hydrogens is 302 g/mol. The van der Waals surface area contributed by atoms with E-state index in [2.05, 4.69) is 55.6 Å². The van der Waals surface area contributed by atoms with E-state index in [-0.39, 0.29) is 0 Å². The molecule has 2 aromatic heterocycles. The summed E-state index contributed by atoms with van der Waals surface area (Å²) >= 11 is 8.28. The second-order valence-electron chi connectivity index (χ2n) is 5.49. The molecule has 1 N–H and O–H groups in total. The topological polar surface area (TPSA) is 29.9 Å². The minimum absolute atomic E-state index is 0.353. The van der Waals surface area contributed by atoms with Crippen molar-refractivity contribution in [1.82, 2.24) is 15.1 Å². The summed E-state index contributed by atoms with van der Waals surface area (Å²) in [6.45, 7) is 10.3. The van der Waals surface area contributed by atoms with Crippen LogP contribution in [-0.2, 0) is 19.5 Å². The Hall–Kier alpha value is -0.840. The van der Waals surface area contributed by atoms with E-state index in [1.165, 1.54) is 4.88 Å². The molecule has 2 rings (SSSR count). The normalized spacial score (nSPS) is 13.0. The van der Waals surface area contributed by atoms with Crippen LogP contribution < -0.4 is 5.32 Å². The van der Waals surface area contributed by atoms with Crippen molar-refractivity contribution in [3.8, 4) is 0 Å². The minimum atomic E-state index is 0.353. The van der Waals surface area contributed by atoms with Gasteiger partial charge in [0.15, 0.2) is 0 Å². The van der Waals surface area contributed by atoms with Crippen LogP contribution >= 0.6 is 22.9 Å². The molecule has 0 amide bonds. The van der Waals surface area contributed by atoms with Crippen molar-refractivity contribution in [3.05, 3.63) is 38.8 Å². The van der Waals surface area contributed by atoms with Crippen molar-refractivity contribution in [3.63, 3.8) is 0 Å². The molecule has 0 saturated heterocycles. The lowest BCUT2D eigenvalue weighted by Gasteiger charge is -2.21. The predicted molar refractivity (Wildman–Crippen MR) is 91.0 cm³/mol. The number of nitrogens with zero attached hydrogens (tertiary/aromatic N) is 2. The molecule has 0 spiro atoms. The van der Waals surface area contributed by atoms with E-state index in [0.717, 1.165) is 35.9 Å². The fraction of sp³-hybridized carbons (Fsp3) is 0.562. The maximum Gasteiger partial charge on any atom is 0.0863 e. The van der Waals surface area contributed by atoms with Gasteiger partial charge in [-0.2, -0.15) is 5.10 Å². The predicted octanol–water partition coefficient (Wildman–Crippen LogP) is 4.67. The van der Waals surface area contributed by atoms with Crippen molar-refractivity contribution in [2.45, 2.75) is 53.2 Å². The van der Waals surface area contributed by atoms with E-state index in [1.54, 1.807) is 11.3 Å². The van der Waals surface area contributed by atoms with Crippen LogP contribution in [0.4, 0.5) is 0 Å². The van der Waals surface area contributed by atoms with Crippen LogP contribution in [-0.4, -0.2) is 9.78 Å². The van der Waals surface area contributed by atoms with Gasteiger partial charge in [-0.15, -0.1) is 11.3 Å². The molecule has 0 radical (unpaired) electrons. The van der Waals surface area contributed by atoms with Crippen LogP contribution in [0.3, 0.4) is 0 Å². The number of nitrogens with one attached hydrogen (secondary N) is 1. The summed E-state index contributed by atoms with van der Waals surface area (Å²) in [6.07, 6.45) is 0.872. The first-order chi connectivity index (χ1) is 10.1. The number of aromatic nitrogens is 2. The zero-order valence-corrected chi connectivity index (χ0v) is 14.8. The lowest BCUT2D eigenvalue weighted by molar-refractivity contribution is 0.408. The summed E-state index contributed by atoms with van der Waals surface area (Å²) in [5.41, 5.74) is 2.09. The molecule has 2 aromatic rings. The molecule has 0 aliphatic carbocycles. The fourth-order valence-corrected chi connectivity index (χ4v) is 3.84. The average Bonchev–Trinajstić information content (AvgIpc) is 3.08. The third kappa shape index (κ3) is 3.68. The molecule has 2 heterocycles. The number of aryl methyl sites for hydroxylation is 2. The quantitative estimate of drug-likeness (QED) is 0.801. The van der Waals surface area contributed by atoms with Crippen LogP contribution in [0.15, 0.2) is 17.5 Å². The molecule has 1 unspecified atom stereocenters. The first kappa shape index (κ1) is 16.5. The summed E-state index contributed by atoms with van der Waals surface area (Å²) in [5.74, 6) is 0.533. The Morgan fingerprint density at radius 2 is 2.14 bits per heavy atom. The van der Waals surface area contributed by atoms with Crippen molar-refractivity contribution in [2.24, 2.45) is 5.92 Å². The van der Waals surface area contributed by atoms with Gasteiger partial charge in [0.25, 0.3) is 0 Å². The van der Waals surface area contributed by atoms with E-state index in [9.17, 15) is 0 Å². The average molecular weight is 326 g/mol. The molecule has 1 atom stereocenters. The number of halogens is 1. The molecule has 21 heavy (non-hydrogen) atoms. The standard InChI is InChI=1S/C16H24ClN3S/c1-5-12-15(17)13(20(6-2)19-12)10-18-16(11(3)4)14-8-7-9-21-14/h7-9,11,16,18H,5-6,10H2,1-4H3. The Morgan fingerprint density at radius 3 is 2.67 bits per heavy atom. The monoisotopic (exact) mass is 325 g/mol. The van der Waals surface area contributed by atoms with Gasteiger partial charge in [-0.3, -0.25) is 4.68 Å². The van der Waals surface area contributed by atoms with E-state index < -0.39 is 0 Å². The molecule has 0 fully saturated rings. The molecule has 0 saturated carbocycles. The van der Waals surface area contributed by atoms with Gasteiger partial charge in [0, 0.05) is 24.0 Å². The highest BCUT2D eigenvalue weighted by molar-refractivity contribution is 7.10. The van der Waals surface area contributed by atoms with Gasteiger partial charge in [-0.05, 0) is 30.7 Å². The molecule has 116 valence electrons. The smallest absolute Gasteiger partial charge is 0.0863 e. The molecular formula is C16H24ClN3S. The highest BCUT2D eigenvalue weighted by atomic mass is 35.5. The van der Waals surface area contributed by atoms with Gasteiger partial charge >= 0.3 is 0 Å². The van der Waals surface area contributed by atoms with E-state index in [1.807, 2.05) is 4.68 Å². The third-order valence-corrected chi connectivity index (χ3v) is 5.09. The maximum atomic E-state index is 6.48. The zero-order valence-electron chi connectivity index (χ0n) is 13.2. The number of hydrogen-bond acceptors (Lipinski definition) is 3. The SMILES string of the molecule is CCc1nn(CC)c(CNC(c2cccs2)C(C)C)c1Cl. The second kappa shape index (κ2) is 7.43. The molecule has 0 aliphatic heterocycles. The fourth-order valence-electron chi connectivity index (χ4n) is 2.53. The van der Waals surface area contributed by atoms with Crippen LogP contribution in [0, 0.1) is 5.92 Å². The Morgan fingerprint density at radius 1 is 1.38 bits per heavy atom. The van der Waals surface area contributed by atoms with Gasteiger partial charge in [0.2, 0.25) is 0 Å². The summed E-state index contributed by atoms with van der Waals surface area (Å²) < 4.78 is 2.01. The van der Waals surface area contributed by atoms with Gasteiger partial charge in [0.05, 0.1) is 16.4 Å². The molecule has 0 bridgehead atoms. The third-order valence-electron chi connectivity index (χ3n) is 3.70. The van der Waals surface area contributed by atoms with Gasteiger partial charge in [-0.25, -0.2) is 0 Å². The summed E-state index contributed by atoms with van der Waals surface area (Å²) in [7, 11) is 0. The van der Waals surface area contributed by atoms with Crippen molar-refractivity contribution in [2.75, 3.05) is 0 Å². The summed E-state index contributed by atoms with van der Waals surface area (Å²) in [6, 6.07) is 4.65. The van der Waals surface area contributed by atoms with Gasteiger partial charge < -0.3 is 5.32 Å². The van der Waals surface area contributed by atoms with E-state index in [4.69, 9.17) is 11.6 Å². The lowest BCUT2D eigenvalue weighted by atomic mass is 10.0. The lowest BCUT2D eigenvalue weighted by Crippen LogP contribution is -2.26. The van der Waals surface area contributed by atoms with Gasteiger partial charge in [-0.1, -0.05) is 38.4 Å². The highest BCUT2D eigenvalue weighted by Crippen LogP contribution is 2.27. The Kier molecular flexibility index (Phi) is 5.85. The maximum absolute atomic E-state index is 6.48. The van der Waals surface area contributed by atoms with Gasteiger partial charge in [0.1, 0.15) is 0 Å². The second-order valence-corrected chi connectivity index (χ2v) is 6.85. The molecule has 5 heteroatoms. The minimum Gasteiger partial charge on any atom is -0.303 e. The molecule has 0 aliphatic rings. The van der Waals surface area contributed by atoms with Crippen molar-refractivity contribution < 1.29 is 0 Å². The number of rotatable bonds is 7. The van der Waals surface area contributed by atoms with Crippen LogP contribution in [0.5, 0.6) is 0 Å². The Bertz CT molecular complexity index is 560. The number of hydrogen-bond donors (Lipinski definition) is 1. The first-order valence-electron chi connectivity index (χ1n) is 7.59. The van der Waals surface area contributed by atoms with Crippen LogP contribution in [0.25, 0.3) is 0 Å². The zero-order chi connectivity index (χ0) is 15.4. The van der Waals surface area contributed by atoms with Crippen molar-refractivity contribution in [1.29, 1.82) is 0 Å². The molecule has 0 aromatic carbocycles. The molecule has 3 nitrogen and oxygen atoms in total. The first-order valence-corrected chi connectivity index (χ1v) is 8.85. The Labute approximate surface area is 136 Å². The highest BCUT2D eigenvalue weighted by Gasteiger charge is 2.19. The van der Waals surface area contributed by atoms with E-state index in [0.29, 0.717) is 12.0 Å². The van der Waals surface area contributed by atoms with Crippen LogP contribution in [0.1, 0.15) is 50.0 Å². The van der Waals surface area contributed by atoms with Crippen LogP contribution in [0.2, 0.25) is 5.02 Å². The van der Waals surface area contributed by atoms with E-state index >= 15 is 0 Å². The number of thiophene rings is 1. The largest absolute Gasteiger partial charge is 0.303 e.